The van der Waals surface area contributed by atoms with E-state index in [4.69, 9.17) is 28.2 Å². The van der Waals surface area contributed by atoms with Crippen LogP contribution in [0, 0.1) is 15.9 Å². The van der Waals surface area contributed by atoms with E-state index >= 15 is 0 Å². The molecular weight excluding hydrogens is 433 g/mol. The Morgan fingerprint density at radius 3 is 2.67 bits per heavy atom. The van der Waals surface area contributed by atoms with Gasteiger partial charge in [-0.1, -0.05) is 23.7 Å². The molecule has 1 aliphatic heterocycles. The molecule has 3 aromatic rings. The van der Waals surface area contributed by atoms with Crippen LogP contribution in [0.1, 0.15) is 5.76 Å². The number of carbonyl (C=O) groups is 1. The van der Waals surface area contributed by atoms with E-state index in [1.165, 1.54) is 42.5 Å². The Balaban J connectivity index is 1.62. The minimum atomic E-state index is -0.579. The molecule has 0 saturated carbocycles. The number of hydrogen-bond acceptors (Lipinski definition) is 5. The summed E-state index contributed by atoms with van der Waals surface area (Å²) in [6.07, 6.45) is 1.43. The standard InChI is InChI=1S/C20H11ClFN3O4S/c21-14-9-11(25(27)28)5-7-13(14)18-8-6-12(29-18)10-16-19(26)24(20(30)23-16)17-4-2-1-3-15(17)22/h1-10H,(H,23,30)/b16-10-. The van der Waals surface area contributed by atoms with Gasteiger partial charge in [0.2, 0.25) is 0 Å². The summed E-state index contributed by atoms with van der Waals surface area (Å²) in [6, 6.07) is 13.0. The van der Waals surface area contributed by atoms with E-state index in [-0.39, 0.29) is 27.2 Å². The number of rotatable bonds is 4. The van der Waals surface area contributed by atoms with E-state index in [0.29, 0.717) is 17.1 Å². The maximum atomic E-state index is 14.1. The highest BCUT2D eigenvalue weighted by Crippen LogP contribution is 2.33. The average molecular weight is 444 g/mol. The van der Waals surface area contributed by atoms with Crippen LogP contribution in [0.15, 0.2) is 64.7 Å². The quantitative estimate of drug-likeness (QED) is 0.267. The van der Waals surface area contributed by atoms with Crippen LogP contribution in [-0.4, -0.2) is 15.9 Å². The van der Waals surface area contributed by atoms with Gasteiger partial charge in [0.15, 0.2) is 5.11 Å². The van der Waals surface area contributed by atoms with Crippen molar-refractivity contribution < 1.29 is 18.5 Å². The van der Waals surface area contributed by atoms with E-state index in [1.54, 1.807) is 18.2 Å². The Kier molecular flexibility index (Phi) is 5.06. The summed E-state index contributed by atoms with van der Waals surface area (Å²) < 4.78 is 19.8. The number of halogens is 2. The number of amides is 1. The number of nitrogens with zero attached hydrogens (tertiary/aromatic N) is 2. The number of furan rings is 1. The summed E-state index contributed by atoms with van der Waals surface area (Å²) in [5.74, 6) is -0.435. The lowest BCUT2D eigenvalue weighted by molar-refractivity contribution is -0.384. The number of nitro benzene ring substituents is 1. The zero-order valence-corrected chi connectivity index (χ0v) is 16.5. The third kappa shape index (κ3) is 3.56. The van der Waals surface area contributed by atoms with Crippen molar-refractivity contribution >= 4 is 52.3 Å². The van der Waals surface area contributed by atoms with Crippen LogP contribution in [0.3, 0.4) is 0 Å². The minimum Gasteiger partial charge on any atom is -0.457 e. The maximum Gasteiger partial charge on any atom is 0.281 e. The van der Waals surface area contributed by atoms with E-state index in [1.807, 2.05) is 0 Å². The zero-order chi connectivity index (χ0) is 21.4. The third-order valence-electron chi connectivity index (χ3n) is 4.31. The molecule has 2 aromatic carbocycles. The van der Waals surface area contributed by atoms with Crippen LogP contribution in [0.2, 0.25) is 5.02 Å². The van der Waals surface area contributed by atoms with Gasteiger partial charge in [-0.05, 0) is 42.5 Å². The van der Waals surface area contributed by atoms with Crippen molar-refractivity contribution in [3.8, 4) is 11.3 Å². The second-order valence-electron chi connectivity index (χ2n) is 6.20. The molecule has 0 bridgehead atoms. The van der Waals surface area contributed by atoms with Crippen molar-refractivity contribution in [1.29, 1.82) is 0 Å². The number of carbonyl (C=O) groups excluding carboxylic acids is 1. The van der Waals surface area contributed by atoms with E-state index in [2.05, 4.69) is 5.32 Å². The third-order valence-corrected chi connectivity index (χ3v) is 4.91. The van der Waals surface area contributed by atoms with Crippen LogP contribution in [0.5, 0.6) is 0 Å². The summed E-state index contributed by atoms with van der Waals surface area (Å²) in [5, 5.41) is 13.8. The van der Waals surface area contributed by atoms with Crippen molar-refractivity contribution in [2.45, 2.75) is 0 Å². The maximum absolute atomic E-state index is 14.1. The highest BCUT2D eigenvalue weighted by molar-refractivity contribution is 7.80. The van der Waals surface area contributed by atoms with Crippen molar-refractivity contribution in [3.63, 3.8) is 0 Å². The predicted octanol–water partition coefficient (Wildman–Crippen LogP) is 4.91. The van der Waals surface area contributed by atoms with Gasteiger partial charge in [0.05, 0.1) is 15.6 Å². The highest BCUT2D eigenvalue weighted by atomic mass is 35.5. The number of anilines is 1. The van der Waals surface area contributed by atoms with Crippen LogP contribution >= 0.6 is 23.8 Å². The van der Waals surface area contributed by atoms with Gasteiger partial charge in [-0.25, -0.2) is 9.29 Å². The monoisotopic (exact) mass is 443 g/mol. The molecule has 0 radical (unpaired) electrons. The second kappa shape index (κ2) is 7.69. The first-order valence-corrected chi connectivity index (χ1v) is 9.29. The van der Waals surface area contributed by atoms with Crippen molar-refractivity contribution in [3.05, 3.63) is 87.0 Å². The van der Waals surface area contributed by atoms with Crippen LogP contribution in [0.25, 0.3) is 17.4 Å². The first-order valence-electron chi connectivity index (χ1n) is 8.51. The number of thiocarbonyl (C=S) groups is 1. The van der Waals surface area contributed by atoms with Crippen molar-refractivity contribution in [2.75, 3.05) is 4.90 Å². The molecule has 7 nitrogen and oxygen atoms in total. The van der Waals surface area contributed by atoms with Gasteiger partial charge in [-0.3, -0.25) is 14.9 Å². The Morgan fingerprint density at radius 2 is 1.97 bits per heavy atom. The number of non-ortho nitro benzene ring substituents is 1. The predicted molar refractivity (Wildman–Crippen MR) is 113 cm³/mol. The lowest BCUT2D eigenvalue weighted by Gasteiger charge is -2.14. The first-order chi connectivity index (χ1) is 14.3. The zero-order valence-electron chi connectivity index (χ0n) is 15.0. The molecule has 1 fully saturated rings. The molecule has 0 aliphatic carbocycles. The highest BCUT2D eigenvalue weighted by Gasteiger charge is 2.33. The van der Waals surface area contributed by atoms with Gasteiger partial charge in [-0.15, -0.1) is 0 Å². The number of nitro groups is 1. The Morgan fingerprint density at radius 1 is 1.20 bits per heavy atom. The Hall–Kier alpha value is -3.56. The van der Waals surface area contributed by atoms with Gasteiger partial charge >= 0.3 is 0 Å². The number of hydrogen-bond donors (Lipinski definition) is 1. The molecule has 1 saturated heterocycles. The Bertz CT molecular complexity index is 1240. The van der Waals surface area contributed by atoms with Crippen molar-refractivity contribution in [1.82, 2.24) is 5.32 Å². The fourth-order valence-electron chi connectivity index (χ4n) is 2.92. The molecule has 1 amide bonds. The second-order valence-corrected chi connectivity index (χ2v) is 7.00. The SMILES string of the molecule is O=C1/C(=C/c2ccc(-c3ccc([N+](=O)[O-])cc3Cl)o2)NC(=S)N1c1ccccc1F. The molecule has 0 atom stereocenters. The molecular formula is C20H11ClFN3O4S. The summed E-state index contributed by atoms with van der Waals surface area (Å²) in [4.78, 5) is 24.1. The fraction of sp³-hybridized carbons (Fsp3) is 0. The smallest absolute Gasteiger partial charge is 0.281 e. The van der Waals surface area contributed by atoms with E-state index in [9.17, 15) is 19.3 Å². The molecule has 1 aromatic heterocycles. The minimum absolute atomic E-state index is 0.0428. The average Bonchev–Trinajstić information content (AvgIpc) is 3.27. The van der Waals surface area contributed by atoms with E-state index < -0.39 is 16.6 Å². The molecule has 150 valence electrons. The molecule has 30 heavy (non-hydrogen) atoms. The molecule has 0 unspecified atom stereocenters. The number of nitrogens with one attached hydrogen (secondary N) is 1. The van der Waals surface area contributed by atoms with Gasteiger partial charge < -0.3 is 9.73 Å². The lowest BCUT2D eigenvalue weighted by atomic mass is 10.1. The molecule has 10 heteroatoms. The number of para-hydroxylation sites is 1. The molecule has 2 heterocycles. The molecule has 4 rings (SSSR count). The topological polar surface area (TPSA) is 88.6 Å². The largest absolute Gasteiger partial charge is 0.457 e. The first kappa shape index (κ1) is 19.7. The van der Waals surface area contributed by atoms with Gasteiger partial charge in [-0.2, -0.15) is 0 Å². The van der Waals surface area contributed by atoms with Crippen LogP contribution in [0.4, 0.5) is 15.8 Å². The van der Waals surface area contributed by atoms with Crippen molar-refractivity contribution in [2.24, 2.45) is 0 Å². The van der Waals surface area contributed by atoms with Gasteiger partial charge in [0, 0.05) is 23.8 Å². The Labute approximate surface area is 179 Å². The molecule has 0 spiro atoms. The van der Waals surface area contributed by atoms with Gasteiger partial charge in [0.25, 0.3) is 11.6 Å². The van der Waals surface area contributed by atoms with Gasteiger partial charge in [0.1, 0.15) is 23.0 Å². The van der Waals surface area contributed by atoms with Crippen LogP contribution in [-0.2, 0) is 4.79 Å². The summed E-state index contributed by atoms with van der Waals surface area (Å²) in [6.45, 7) is 0. The lowest BCUT2D eigenvalue weighted by Crippen LogP contribution is -2.31. The number of benzene rings is 2. The summed E-state index contributed by atoms with van der Waals surface area (Å²) in [5.41, 5.74) is 0.474. The summed E-state index contributed by atoms with van der Waals surface area (Å²) >= 11 is 11.3. The fourth-order valence-corrected chi connectivity index (χ4v) is 3.48. The molecule has 1 aliphatic rings. The molecule has 1 N–H and O–H groups in total. The van der Waals surface area contributed by atoms with E-state index in [0.717, 1.165) is 4.90 Å². The summed E-state index contributed by atoms with van der Waals surface area (Å²) in [7, 11) is 0. The normalized spacial score (nSPS) is 15.0. The van der Waals surface area contributed by atoms with Crippen LogP contribution < -0.4 is 10.2 Å².